The molecule has 0 aromatic heterocycles. The van der Waals surface area contributed by atoms with E-state index in [1.165, 1.54) is 13.0 Å². The maximum absolute atomic E-state index is 12.8. The van der Waals surface area contributed by atoms with E-state index in [2.05, 4.69) is 9.47 Å². The second-order valence-electron chi connectivity index (χ2n) is 3.46. The minimum absolute atomic E-state index is 0.0633. The number of rotatable bonds is 1. The molecule has 0 saturated heterocycles. The number of Topliss-reactive ketones (excluding diaryl/α,β-unsaturated/α-hetero) is 1. The normalized spacial score (nSPS) is 19.8. The van der Waals surface area contributed by atoms with Crippen LogP contribution in [-0.2, 0) is 0 Å². The first-order valence-electron chi connectivity index (χ1n) is 4.51. The fraction of sp³-hybridized carbons (Fsp3) is 0.300. The number of carbonyl (C=O) groups excluding carboxylic acids is 1. The van der Waals surface area contributed by atoms with E-state index < -0.39 is 29.5 Å². The largest absolute Gasteiger partial charge is 0.507 e. The second kappa shape index (κ2) is 3.35. The Balaban J connectivity index is 2.47. The molecule has 1 aromatic rings. The standard InChI is InChI=1S/C10H6F4O3/c1-5(15)6-2-3-7-8(4-6)17-10(13,14)9(11,12)16-7/h2-4H,1H3. The molecule has 17 heavy (non-hydrogen) atoms. The van der Waals surface area contributed by atoms with Crippen LogP contribution in [0.3, 0.4) is 0 Å². The third-order valence-corrected chi connectivity index (χ3v) is 2.17. The van der Waals surface area contributed by atoms with E-state index in [1.54, 1.807) is 0 Å². The summed E-state index contributed by atoms with van der Waals surface area (Å²) in [6, 6.07) is 3.10. The molecule has 0 unspecified atom stereocenters. The van der Waals surface area contributed by atoms with Crippen molar-refractivity contribution in [3.05, 3.63) is 23.8 Å². The molecular formula is C10H6F4O3. The van der Waals surface area contributed by atoms with Crippen LogP contribution in [0.25, 0.3) is 0 Å². The Labute approximate surface area is 92.9 Å². The number of alkyl halides is 4. The molecule has 0 fully saturated rings. The molecule has 0 atom stereocenters. The molecule has 3 nitrogen and oxygen atoms in total. The Morgan fingerprint density at radius 1 is 1.06 bits per heavy atom. The molecule has 0 aliphatic carbocycles. The Hall–Kier alpha value is -1.79. The lowest BCUT2D eigenvalue weighted by atomic mass is 10.1. The van der Waals surface area contributed by atoms with Crippen molar-refractivity contribution < 1.29 is 31.8 Å². The highest BCUT2D eigenvalue weighted by Gasteiger charge is 2.65. The predicted molar refractivity (Wildman–Crippen MR) is 47.6 cm³/mol. The molecule has 0 radical (unpaired) electrons. The zero-order valence-corrected chi connectivity index (χ0v) is 8.47. The number of hydrogen-bond donors (Lipinski definition) is 0. The fourth-order valence-corrected chi connectivity index (χ4v) is 1.29. The molecule has 7 heteroatoms. The summed E-state index contributed by atoms with van der Waals surface area (Å²) in [4.78, 5) is 11.0. The number of halogens is 4. The van der Waals surface area contributed by atoms with Gasteiger partial charge in [-0.25, -0.2) is 0 Å². The van der Waals surface area contributed by atoms with Crippen molar-refractivity contribution in [3.63, 3.8) is 0 Å². The summed E-state index contributed by atoms with van der Waals surface area (Å²) in [5.74, 6) is -1.53. The lowest BCUT2D eigenvalue weighted by molar-refractivity contribution is -0.391. The maximum Gasteiger partial charge on any atom is 0.507 e. The van der Waals surface area contributed by atoms with Gasteiger partial charge in [0.05, 0.1) is 0 Å². The molecule has 1 aliphatic rings. The maximum atomic E-state index is 12.8. The van der Waals surface area contributed by atoms with Gasteiger partial charge in [0, 0.05) is 5.56 Å². The number of hydrogen-bond acceptors (Lipinski definition) is 3. The summed E-state index contributed by atoms with van der Waals surface area (Å²) in [6.07, 6.45) is -9.51. The van der Waals surface area contributed by atoms with Crippen LogP contribution in [0.4, 0.5) is 17.6 Å². The monoisotopic (exact) mass is 250 g/mol. The topological polar surface area (TPSA) is 35.5 Å². The van der Waals surface area contributed by atoms with Crippen LogP contribution in [0.2, 0.25) is 0 Å². The highest BCUT2D eigenvalue weighted by molar-refractivity contribution is 5.94. The number of benzene rings is 1. The van der Waals surface area contributed by atoms with E-state index in [-0.39, 0.29) is 5.56 Å². The van der Waals surface area contributed by atoms with Gasteiger partial charge in [0.2, 0.25) is 0 Å². The minimum Gasteiger partial charge on any atom is -0.421 e. The lowest BCUT2D eigenvalue weighted by Crippen LogP contribution is -2.52. The zero-order valence-electron chi connectivity index (χ0n) is 8.47. The molecule has 1 aliphatic heterocycles. The SMILES string of the molecule is CC(=O)c1ccc2c(c1)OC(F)(F)C(F)(F)O2. The van der Waals surface area contributed by atoms with E-state index >= 15 is 0 Å². The molecule has 92 valence electrons. The van der Waals surface area contributed by atoms with Gasteiger partial charge in [0.15, 0.2) is 17.3 Å². The van der Waals surface area contributed by atoms with Crippen LogP contribution in [0.5, 0.6) is 11.5 Å². The van der Waals surface area contributed by atoms with Crippen LogP contribution in [0.1, 0.15) is 17.3 Å². The summed E-state index contributed by atoms with van der Waals surface area (Å²) in [5, 5.41) is 0. The minimum atomic E-state index is -4.77. The fourth-order valence-electron chi connectivity index (χ4n) is 1.29. The van der Waals surface area contributed by atoms with Crippen molar-refractivity contribution in [2.24, 2.45) is 0 Å². The molecule has 1 heterocycles. The van der Waals surface area contributed by atoms with Crippen LogP contribution in [0.15, 0.2) is 18.2 Å². The third-order valence-electron chi connectivity index (χ3n) is 2.17. The van der Waals surface area contributed by atoms with Crippen molar-refractivity contribution in [3.8, 4) is 11.5 Å². The van der Waals surface area contributed by atoms with Crippen molar-refractivity contribution in [2.45, 2.75) is 19.1 Å². The zero-order chi connectivity index (χ0) is 12.8. The predicted octanol–water partition coefficient (Wildman–Crippen LogP) is 2.85. The Kier molecular flexibility index (Phi) is 2.30. The van der Waals surface area contributed by atoms with Gasteiger partial charge in [-0.15, -0.1) is 0 Å². The van der Waals surface area contributed by atoms with Gasteiger partial charge < -0.3 is 9.47 Å². The Morgan fingerprint density at radius 3 is 2.12 bits per heavy atom. The number of ketones is 1. The molecule has 1 aromatic carbocycles. The first-order valence-corrected chi connectivity index (χ1v) is 4.51. The van der Waals surface area contributed by atoms with E-state index in [4.69, 9.17) is 0 Å². The number of fused-ring (bicyclic) bond motifs is 1. The molecule has 2 rings (SSSR count). The summed E-state index contributed by atoms with van der Waals surface area (Å²) < 4.78 is 58.8. The van der Waals surface area contributed by atoms with Crippen LogP contribution in [-0.4, -0.2) is 18.0 Å². The van der Waals surface area contributed by atoms with Gasteiger partial charge >= 0.3 is 12.2 Å². The molecule has 0 bridgehead atoms. The molecule has 0 spiro atoms. The number of carbonyl (C=O) groups is 1. The number of ether oxygens (including phenoxy) is 2. The summed E-state index contributed by atoms with van der Waals surface area (Å²) >= 11 is 0. The van der Waals surface area contributed by atoms with Gasteiger partial charge in [0.1, 0.15) is 0 Å². The van der Waals surface area contributed by atoms with Gasteiger partial charge in [-0.05, 0) is 25.1 Å². The molecule has 0 amide bonds. The average Bonchev–Trinajstić information content (AvgIpc) is 2.17. The third kappa shape index (κ3) is 1.81. The van der Waals surface area contributed by atoms with Crippen molar-refractivity contribution in [1.82, 2.24) is 0 Å². The van der Waals surface area contributed by atoms with E-state index in [0.717, 1.165) is 12.1 Å². The van der Waals surface area contributed by atoms with Gasteiger partial charge in [-0.3, -0.25) is 4.79 Å². The van der Waals surface area contributed by atoms with Crippen molar-refractivity contribution in [1.29, 1.82) is 0 Å². The van der Waals surface area contributed by atoms with Gasteiger partial charge in [-0.2, -0.15) is 17.6 Å². The highest BCUT2D eigenvalue weighted by Crippen LogP contribution is 2.46. The quantitative estimate of drug-likeness (QED) is 0.568. The smallest absolute Gasteiger partial charge is 0.421 e. The van der Waals surface area contributed by atoms with E-state index in [9.17, 15) is 22.4 Å². The van der Waals surface area contributed by atoms with Crippen molar-refractivity contribution in [2.75, 3.05) is 0 Å². The Bertz CT molecular complexity index is 484. The summed E-state index contributed by atoms with van der Waals surface area (Å²) in [5.41, 5.74) is 0.0633. The average molecular weight is 250 g/mol. The van der Waals surface area contributed by atoms with E-state index in [1.807, 2.05) is 0 Å². The summed E-state index contributed by atoms with van der Waals surface area (Å²) in [7, 11) is 0. The first kappa shape index (κ1) is 11.7. The molecular weight excluding hydrogens is 244 g/mol. The van der Waals surface area contributed by atoms with Crippen LogP contribution < -0.4 is 9.47 Å². The van der Waals surface area contributed by atoms with E-state index in [0.29, 0.717) is 0 Å². The molecule has 0 N–H and O–H groups in total. The lowest BCUT2D eigenvalue weighted by Gasteiger charge is -2.31. The van der Waals surface area contributed by atoms with Gasteiger partial charge in [-0.1, -0.05) is 0 Å². The molecule has 0 saturated carbocycles. The van der Waals surface area contributed by atoms with Gasteiger partial charge in [0.25, 0.3) is 0 Å². The van der Waals surface area contributed by atoms with Crippen LogP contribution in [0, 0.1) is 0 Å². The van der Waals surface area contributed by atoms with Crippen LogP contribution >= 0.6 is 0 Å². The Morgan fingerprint density at radius 2 is 1.59 bits per heavy atom. The van der Waals surface area contributed by atoms with Crippen molar-refractivity contribution >= 4 is 5.78 Å². The summed E-state index contributed by atoms with van der Waals surface area (Å²) in [6.45, 7) is 1.21. The second-order valence-corrected chi connectivity index (χ2v) is 3.46. The highest BCUT2D eigenvalue weighted by atomic mass is 19.3. The first-order chi connectivity index (χ1) is 7.73.